The van der Waals surface area contributed by atoms with Crippen LogP contribution in [0.4, 0.5) is 10.1 Å². The number of carbonyl (C=O) groups excluding carboxylic acids is 2. The van der Waals surface area contributed by atoms with Gasteiger partial charge in [0.25, 0.3) is 5.91 Å². The summed E-state index contributed by atoms with van der Waals surface area (Å²) >= 11 is 0. The number of H-pyrrole nitrogens is 1. The molecule has 3 aromatic rings. The zero-order valence-corrected chi connectivity index (χ0v) is 21.2. The first-order valence-electron chi connectivity index (χ1n) is 12.4. The molecule has 10 heteroatoms. The third-order valence-corrected chi connectivity index (χ3v) is 7.28. The maximum absolute atomic E-state index is 14.2. The van der Waals surface area contributed by atoms with E-state index in [0.717, 1.165) is 24.0 Å². The minimum Gasteiger partial charge on any atom is -0.481 e. The number of ether oxygens (including phenoxy) is 1. The van der Waals surface area contributed by atoms with Gasteiger partial charge in [-0.1, -0.05) is 26.0 Å². The van der Waals surface area contributed by atoms with E-state index in [4.69, 9.17) is 4.74 Å². The molecule has 0 bridgehead atoms. The number of nitrogens with one attached hydrogen (secondary N) is 3. The van der Waals surface area contributed by atoms with Crippen LogP contribution >= 0.6 is 0 Å². The number of likely N-dealkylation sites (tertiary alicyclic amines) is 1. The van der Waals surface area contributed by atoms with Crippen LogP contribution in [0.5, 0.6) is 5.88 Å². The molecule has 1 aromatic carbocycles. The summed E-state index contributed by atoms with van der Waals surface area (Å²) in [5, 5.41) is 13.3. The number of pyridine rings is 1. The Balaban J connectivity index is 1.15. The summed E-state index contributed by atoms with van der Waals surface area (Å²) in [6, 6.07) is 9.26. The molecule has 0 aliphatic carbocycles. The van der Waals surface area contributed by atoms with Crippen molar-refractivity contribution in [1.29, 1.82) is 0 Å². The lowest BCUT2D eigenvalue weighted by atomic mass is 9.86. The number of rotatable bonds is 6. The average Bonchev–Trinajstić information content (AvgIpc) is 3.52. The van der Waals surface area contributed by atoms with Crippen molar-refractivity contribution < 1.29 is 18.7 Å². The van der Waals surface area contributed by atoms with Gasteiger partial charge in [0, 0.05) is 54.8 Å². The van der Waals surface area contributed by atoms with Gasteiger partial charge >= 0.3 is 0 Å². The molecule has 9 nitrogen and oxygen atoms in total. The number of piperidine rings is 1. The SMILES string of the molecule is COc1cc(-c2cc(C(=O)N3CCC(C(=O)NCc4ccc5c(c4)C(C)(C)CN5)CC3)n[nH]2)c(F)cn1. The largest absolute Gasteiger partial charge is 0.481 e. The number of amides is 2. The second-order valence-corrected chi connectivity index (χ2v) is 10.3. The van der Waals surface area contributed by atoms with Gasteiger partial charge in [-0.25, -0.2) is 9.37 Å². The highest BCUT2D eigenvalue weighted by molar-refractivity contribution is 5.93. The van der Waals surface area contributed by atoms with Crippen molar-refractivity contribution in [1.82, 2.24) is 25.4 Å². The lowest BCUT2D eigenvalue weighted by molar-refractivity contribution is -0.126. The normalized spacial score (nSPS) is 16.7. The van der Waals surface area contributed by atoms with Gasteiger partial charge in [-0.2, -0.15) is 5.10 Å². The number of hydrogen-bond acceptors (Lipinski definition) is 6. The van der Waals surface area contributed by atoms with Crippen molar-refractivity contribution in [2.75, 3.05) is 32.1 Å². The maximum atomic E-state index is 14.2. The van der Waals surface area contributed by atoms with Gasteiger partial charge in [-0.3, -0.25) is 14.7 Å². The van der Waals surface area contributed by atoms with E-state index in [1.54, 1.807) is 4.90 Å². The molecular formula is C27H31FN6O3. The molecule has 2 aliphatic rings. The Labute approximate surface area is 214 Å². The molecule has 194 valence electrons. The van der Waals surface area contributed by atoms with Crippen molar-refractivity contribution in [2.45, 2.75) is 38.6 Å². The van der Waals surface area contributed by atoms with Crippen molar-refractivity contribution >= 4 is 17.5 Å². The molecule has 0 radical (unpaired) electrons. The first-order chi connectivity index (χ1) is 17.7. The van der Waals surface area contributed by atoms with Crippen LogP contribution in [0.2, 0.25) is 0 Å². The number of carbonyl (C=O) groups is 2. The third-order valence-electron chi connectivity index (χ3n) is 7.28. The lowest BCUT2D eigenvalue weighted by Gasteiger charge is -2.30. The van der Waals surface area contributed by atoms with Crippen molar-refractivity contribution in [2.24, 2.45) is 5.92 Å². The zero-order valence-electron chi connectivity index (χ0n) is 21.2. The highest BCUT2D eigenvalue weighted by Gasteiger charge is 2.31. The van der Waals surface area contributed by atoms with Crippen LogP contribution in [0.25, 0.3) is 11.3 Å². The van der Waals surface area contributed by atoms with Crippen molar-refractivity contribution in [3.8, 4) is 17.1 Å². The fourth-order valence-electron chi connectivity index (χ4n) is 4.97. The predicted octanol–water partition coefficient (Wildman–Crippen LogP) is 3.49. The molecule has 5 rings (SSSR count). The Bertz CT molecular complexity index is 1330. The molecule has 1 saturated heterocycles. The zero-order chi connectivity index (χ0) is 26.2. The predicted molar refractivity (Wildman–Crippen MR) is 137 cm³/mol. The number of methoxy groups -OCH3 is 1. The molecule has 3 N–H and O–H groups in total. The third kappa shape index (κ3) is 5.00. The smallest absolute Gasteiger partial charge is 0.274 e. The summed E-state index contributed by atoms with van der Waals surface area (Å²) in [6.07, 6.45) is 2.22. The van der Waals surface area contributed by atoms with E-state index in [9.17, 15) is 14.0 Å². The van der Waals surface area contributed by atoms with Crippen LogP contribution in [0, 0.1) is 11.7 Å². The Morgan fingerprint density at radius 2 is 2.00 bits per heavy atom. The van der Waals surface area contributed by atoms with E-state index in [0.29, 0.717) is 38.2 Å². The van der Waals surface area contributed by atoms with E-state index in [1.165, 1.54) is 24.8 Å². The Morgan fingerprint density at radius 3 is 2.76 bits per heavy atom. The summed E-state index contributed by atoms with van der Waals surface area (Å²) in [5.41, 5.74) is 4.36. The number of aromatic nitrogens is 3. The first-order valence-corrected chi connectivity index (χ1v) is 12.4. The monoisotopic (exact) mass is 506 g/mol. The number of aromatic amines is 1. The molecule has 37 heavy (non-hydrogen) atoms. The number of fused-ring (bicyclic) bond motifs is 1. The van der Waals surface area contributed by atoms with Crippen LogP contribution in [0.15, 0.2) is 36.5 Å². The summed E-state index contributed by atoms with van der Waals surface area (Å²) in [7, 11) is 1.45. The minimum absolute atomic E-state index is 0.00847. The van der Waals surface area contributed by atoms with E-state index in [1.807, 2.05) is 6.07 Å². The standard InChI is InChI=1S/C27H31FN6O3/c1-27(2)15-31-21-5-4-16(10-19(21)27)13-30-25(35)17-6-8-34(9-7-17)26(36)23-12-22(32-33-23)18-11-24(37-3)29-14-20(18)28/h4-5,10-12,14,17,31H,6-9,13,15H2,1-3H3,(H,30,35)(H,32,33). The highest BCUT2D eigenvalue weighted by atomic mass is 19.1. The van der Waals surface area contributed by atoms with Gasteiger partial charge < -0.3 is 20.3 Å². The molecule has 4 heterocycles. The van der Waals surface area contributed by atoms with Gasteiger partial charge in [0.05, 0.1) is 19.0 Å². The highest BCUT2D eigenvalue weighted by Crippen LogP contribution is 2.36. The number of benzene rings is 1. The lowest BCUT2D eigenvalue weighted by Crippen LogP contribution is -2.43. The van der Waals surface area contributed by atoms with E-state index in [-0.39, 0.29) is 40.3 Å². The molecule has 0 unspecified atom stereocenters. The van der Waals surface area contributed by atoms with Crippen LogP contribution in [0.1, 0.15) is 48.3 Å². The number of nitrogens with zero attached hydrogens (tertiary/aromatic N) is 3. The minimum atomic E-state index is -0.546. The summed E-state index contributed by atoms with van der Waals surface area (Å²) in [5.74, 6) is -0.678. The second-order valence-electron chi connectivity index (χ2n) is 10.3. The van der Waals surface area contributed by atoms with E-state index < -0.39 is 5.82 Å². The van der Waals surface area contributed by atoms with Gasteiger partial charge in [0.1, 0.15) is 0 Å². The summed E-state index contributed by atoms with van der Waals surface area (Å²) < 4.78 is 19.3. The molecule has 0 atom stereocenters. The fraction of sp³-hybridized carbons (Fsp3) is 0.407. The molecule has 2 amide bonds. The van der Waals surface area contributed by atoms with E-state index in [2.05, 4.69) is 51.8 Å². The molecule has 1 fully saturated rings. The van der Waals surface area contributed by atoms with Crippen LogP contribution in [0.3, 0.4) is 0 Å². The summed E-state index contributed by atoms with van der Waals surface area (Å²) in [6.45, 7) is 6.71. The van der Waals surface area contributed by atoms with Gasteiger partial charge in [0.15, 0.2) is 11.5 Å². The summed E-state index contributed by atoms with van der Waals surface area (Å²) in [4.78, 5) is 31.3. The van der Waals surface area contributed by atoms with Gasteiger partial charge in [-0.15, -0.1) is 0 Å². The average molecular weight is 507 g/mol. The number of halogens is 1. The first kappa shape index (κ1) is 24.7. The van der Waals surface area contributed by atoms with Gasteiger partial charge in [-0.05, 0) is 36.1 Å². The Kier molecular flexibility index (Phi) is 6.57. The molecular weight excluding hydrogens is 475 g/mol. The molecule has 0 spiro atoms. The second kappa shape index (κ2) is 9.84. The van der Waals surface area contributed by atoms with Gasteiger partial charge in [0.2, 0.25) is 11.8 Å². The van der Waals surface area contributed by atoms with E-state index >= 15 is 0 Å². The number of anilines is 1. The molecule has 2 aliphatic heterocycles. The van der Waals surface area contributed by atoms with Crippen LogP contribution < -0.4 is 15.4 Å². The molecule has 0 saturated carbocycles. The van der Waals surface area contributed by atoms with Crippen molar-refractivity contribution in [3.63, 3.8) is 0 Å². The maximum Gasteiger partial charge on any atom is 0.274 e. The van der Waals surface area contributed by atoms with Crippen molar-refractivity contribution in [3.05, 3.63) is 59.2 Å². The quantitative estimate of drug-likeness (QED) is 0.472. The Morgan fingerprint density at radius 1 is 1.22 bits per heavy atom. The topological polar surface area (TPSA) is 112 Å². The van der Waals surface area contributed by atoms with Crippen LogP contribution in [-0.2, 0) is 16.8 Å². The van der Waals surface area contributed by atoms with Crippen LogP contribution in [-0.4, -0.2) is 58.6 Å². The molecule has 2 aromatic heterocycles. The fourth-order valence-corrected chi connectivity index (χ4v) is 4.97. The Hall–Kier alpha value is -3.95. The number of hydrogen-bond donors (Lipinski definition) is 3.